The molecule has 3 aromatic carbocycles. The molecule has 0 bridgehead atoms. The van der Waals surface area contributed by atoms with Crippen molar-refractivity contribution in [3.8, 4) is 0 Å². The fraction of sp³-hybridized carbons (Fsp3) is 0.459. The van der Waals surface area contributed by atoms with Crippen LogP contribution in [-0.2, 0) is 31.3 Å². The molecule has 252 valence electrons. The number of nitrogens with zero attached hydrogens (tertiary/aromatic N) is 1. The molecule has 0 aliphatic carbocycles. The molecule has 5 rings (SSSR count). The summed E-state index contributed by atoms with van der Waals surface area (Å²) in [6.07, 6.45) is 4.28. The highest BCUT2D eigenvalue weighted by molar-refractivity contribution is 6.30. The van der Waals surface area contributed by atoms with Crippen molar-refractivity contribution in [3.63, 3.8) is 0 Å². The van der Waals surface area contributed by atoms with E-state index in [0.29, 0.717) is 55.8 Å². The van der Waals surface area contributed by atoms with Gasteiger partial charge < -0.3 is 35.0 Å². The van der Waals surface area contributed by atoms with Gasteiger partial charge in [0.1, 0.15) is 0 Å². The average Bonchev–Trinajstić information content (AvgIpc) is 3.07. The van der Waals surface area contributed by atoms with Crippen molar-refractivity contribution >= 4 is 29.2 Å². The molecule has 47 heavy (non-hydrogen) atoms. The largest absolute Gasteiger partial charge is 0.481 e. The fourth-order valence-electron chi connectivity index (χ4n) is 6.38. The molecule has 2 aliphatic rings. The number of carbonyl (C=O) groups excluding carboxylic acids is 1. The predicted octanol–water partition coefficient (Wildman–Crippen LogP) is 6.73. The average molecular weight is 665 g/mol. The Kier molecular flexibility index (Phi) is 12.4. The van der Waals surface area contributed by atoms with Gasteiger partial charge in [-0.3, -0.25) is 9.59 Å². The third-order valence-corrected chi connectivity index (χ3v) is 9.38. The van der Waals surface area contributed by atoms with E-state index in [9.17, 15) is 19.8 Å². The summed E-state index contributed by atoms with van der Waals surface area (Å²) < 4.78 is 13.1. The Labute approximate surface area is 281 Å². The highest BCUT2D eigenvalue weighted by Crippen LogP contribution is 2.40. The zero-order valence-corrected chi connectivity index (χ0v) is 27.4. The Morgan fingerprint density at radius 2 is 1.60 bits per heavy atom. The Morgan fingerprint density at radius 3 is 2.28 bits per heavy atom. The number of carboxylic acids is 1. The molecule has 10 heteroatoms. The topological polar surface area (TPSA) is 129 Å². The predicted molar refractivity (Wildman–Crippen MR) is 180 cm³/mol. The van der Waals surface area contributed by atoms with Crippen molar-refractivity contribution in [1.29, 1.82) is 0 Å². The van der Waals surface area contributed by atoms with E-state index in [1.165, 1.54) is 0 Å². The summed E-state index contributed by atoms with van der Waals surface area (Å²) >= 11 is 6.07. The van der Waals surface area contributed by atoms with Crippen LogP contribution in [0, 0.1) is 0 Å². The Bertz CT molecular complexity index is 1460. The summed E-state index contributed by atoms with van der Waals surface area (Å²) in [5.74, 6) is -0.880. The van der Waals surface area contributed by atoms with Gasteiger partial charge in [0, 0.05) is 55.2 Å². The minimum absolute atomic E-state index is 0.0271. The van der Waals surface area contributed by atoms with Gasteiger partial charge in [-0.05, 0) is 66.6 Å². The van der Waals surface area contributed by atoms with E-state index in [-0.39, 0.29) is 31.1 Å². The molecule has 0 spiro atoms. The van der Waals surface area contributed by atoms with Crippen molar-refractivity contribution in [1.82, 2.24) is 4.90 Å². The lowest BCUT2D eigenvalue weighted by atomic mass is 9.84. The molecular weight excluding hydrogens is 620 g/mol. The van der Waals surface area contributed by atoms with E-state index >= 15 is 0 Å². The smallest absolute Gasteiger partial charge is 0.303 e. The number of piperidine rings is 1. The van der Waals surface area contributed by atoms with Crippen LogP contribution in [0.25, 0.3) is 0 Å². The first-order chi connectivity index (χ1) is 22.7. The molecule has 1 amide bonds. The summed E-state index contributed by atoms with van der Waals surface area (Å²) in [6, 6.07) is 22.8. The monoisotopic (exact) mass is 664 g/mol. The molecule has 0 aromatic heterocycles. The van der Waals surface area contributed by atoms with Gasteiger partial charge in [0.25, 0.3) is 0 Å². The maximum atomic E-state index is 12.6. The number of unbranched alkanes of at least 4 members (excludes halogenated alkanes) is 3. The molecule has 2 heterocycles. The number of halogens is 1. The summed E-state index contributed by atoms with van der Waals surface area (Å²) in [6.45, 7) is 2.11. The number of carbonyl (C=O) groups is 2. The van der Waals surface area contributed by atoms with E-state index in [1.807, 2.05) is 72.8 Å². The number of aliphatic hydroxyl groups is 2. The molecule has 2 fully saturated rings. The molecule has 2 saturated heterocycles. The molecule has 3 atom stereocenters. The Morgan fingerprint density at radius 1 is 0.894 bits per heavy atom. The first-order valence-corrected chi connectivity index (χ1v) is 16.9. The molecule has 3 aromatic rings. The second kappa shape index (κ2) is 16.7. The molecule has 0 saturated carbocycles. The number of hydrogen-bond donors (Lipinski definition) is 4. The number of benzene rings is 3. The van der Waals surface area contributed by atoms with Crippen molar-refractivity contribution in [2.24, 2.45) is 0 Å². The second-order valence-corrected chi connectivity index (χ2v) is 13.1. The number of amides is 1. The molecule has 2 aliphatic heterocycles. The first-order valence-electron chi connectivity index (χ1n) is 16.5. The maximum absolute atomic E-state index is 12.6. The summed E-state index contributed by atoms with van der Waals surface area (Å²) in [5.41, 5.74) is 3.30. The van der Waals surface area contributed by atoms with Crippen LogP contribution in [0.3, 0.4) is 0 Å². The number of likely N-dealkylation sites (tertiary alicyclic amines) is 1. The lowest BCUT2D eigenvalue weighted by Crippen LogP contribution is -2.46. The number of anilines is 1. The number of ether oxygens (including phenoxy) is 2. The van der Waals surface area contributed by atoms with Crippen molar-refractivity contribution in [3.05, 3.63) is 100 Å². The van der Waals surface area contributed by atoms with Crippen LogP contribution in [0.1, 0.15) is 92.4 Å². The lowest BCUT2D eigenvalue weighted by molar-refractivity contribution is -0.253. The van der Waals surface area contributed by atoms with Gasteiger partial charge in [-0.25, -0.2) is 0 Å². The Hall–Kier alpha value is -3.31. The number of aliphatic carboxylic acids is 1. The minimum atomic E-state index is -0.887. The van der Waals surface area contributed by atoms with Crippen LogP contribution in [-0.4, -0.2) is 57.8 Å². The zero-order valence-electron chi connectivity index (χ0n) is 26.7. The maximum Gasteiger partial charge on any atom is 0.303 e. The third-order valence-electron chi connectivity index (χ3n) is 9.13. The number of carboxylic acid groups (broad SMARTS) is 1. The summed E-state index contributed by atoms with van der Waals surface area (Å²) in [5, 5.41) is 33.3. The van der Waals surface area contributed by atoms with E-state index in [0.717, 1.165) is 48.2 Å². The molecular formula is C37H45ClN2O7. The normalized spacial score (nSPS) is 21.3. The standard InChI is InChI=1S/C37H45ClN2O7/c38-30-16-14-29(15-17-30)37(45)18-20-40(21-19-37)24-32-23-33(27-12-10-26(25-41)11-13-27)47-36(46-32)28-6-5-7-31(22-28)39-34(42)8-3-1-2-4-9-35(43)44/h5-7,10-17,22,32-33,36,41,45H,1-4,8-9,18-21,23-25H2,(H,39,42)(H,43,44)/t32-,33+,36+/m0/s1. The van der Waals surface area contributed by atoms with Gasteiger partial charge in [0.15, 0.2) is 6.29 Å². The number of rotatable bonds is 14. The van der Waals surface area contributed by atoms with E-state index in [1.54, 1.807) is 0 Å². The number of aliphatic hydroxyl groups excluding tert-OH is 1. The summed E-state index contributed by atoms with van der Waals surface area (Å²) in [4.78, 5) is 25.7. The number of nitrogens with one attached hydrogen (secondary N) is 1. The van der Waals surface area contributed by atoms with Crippen molar-refractivity contribution < 1.29 is 34.4 Å². The highest BCUT2D eigenvalue weighted by Gasteiger charge is 2.37. The third kappa shape index (κ3) is 10.1. The number of hydrogen-bond acceptors (Lipinski definition) is 7. The van der Waals surface area contributed by atoms with E-state index in [2.05, 4.69) is 10.2 Å². The quantitative estimate of drug-likeness (QED) is 0.140. The molecule has 9 nitrogen and oxygen atoms in total. The minimum Gasteiger partial charge on any atom is -0.481 e. The molecule has 4 N–H and O–H groups in total. The second-order valence-electron chi connectivity index (χ2n) is 12.7. The molecule has 0 radical (unpaired) electrons. The van der Waals surface area contributed by atoms with Crippen LogP contribution in [0.15, 0.2) is 72.8 Å². The van der Waals surface area contributed by atoms with Gasteiger partial charge >= 0.3 is 5.97 Å². The van der Waals surface area contributed by atoms with E-state index < -0.39 is 17.9 Å². The molecule has 0 unspecified atom stereocenters. The highest BCUT2D eigenvalue weighted by atomic mass is 35.5. The zero-order chi connectivity index (χ0) is 33.2. The van der Waals surface area contributed by atoms with Crippen LogP contribution >= 0.6 is 11.6 Å². The van der Waals surface area contributed by atoms with Gasteiger partial charge in [-0.1, -0.05) is 73.0 Å². The fourth-order valence-corrected chi connectivity index (χ4v) is 6.50. The van der Waals surface area contributed by atoms with Crippen LogP contribution in [0.2, 0.25) is 5.02 Å². The van der Waals surface area contributed by atoms with Crippen LogP contribution in [0.4, 0.5) is 5.69 Å². The van der Waals surface area contributed by atoms with Gasteiger partial charge in [-0.2, -0.15) is 0 Å². The lowest BCUT2D eigenvalue weighted by Gasteiger charge is -2.42. The van der Waals surface area contributed by atoms with Gasteiger partial charge in [0.2, 0.25) is 5.91 Å². The SMILES string of the molecule is O=C(O)CCCCCCC(=O)Nc1cccc([C@@H]2O[C@H](CN3CCC(O)(c4ccc(Cl)cc4)CC3)C[C@H](c3ccc(CO)cc3)O2)c1. The summed E-state index contributed by atoms with van der Waals surface area (Å²) in [7, 11) is 0. The van der Waals surface area contributed by atoms with Crippen LogP contribution in [0.5, 0.6) is 0 Å². The van der Waals surface area contributed by atoms with Gasteiger partial charge in [-0.15, -0.1) is 0 Å². The van der Waals surface area contributed by atoms with Crippen molar-refractivity contribution in [2.75, 3.05) is 25.0 Å². The van der Waals surface area contributed by atoms with Crippen molar-refractivity contribution in [2.45, 2.75) is 88.5 Å². The van der Waals surface area contributed by atoms with Gasteiger partial charge in [0.05, 0.1) is 24.4 Å². The first kappa shape index (κ1) is 35.0. The Balaban J connectivity index is 1.22. The van der Waals surface area contributed by atoms with Crippen LogP contribution < -0.4 is 5.32 Å². The van der Waals surface area contributed by atoms with E-state index in [4.69, 9.17) is 26.2 Å².